The zero-order valence-corrected chi connectivity index (χ0v) is 11.3. The minimum absolute atomic E-state index is 0.00868. The maximum Gasteiger partial charge on any atom is 0.238 e. The molecule has 1 aromatic rings. The van der Waals surface area contributed by atoms with Gasteiger partial charge in [0.05, 0.1) is 11.9 Å². The lowest BCUT2D eigenvalue weighted by Gasteiger charge is -2.21. The van der Waals surface area contributed by atoms with Gasteiger partial charge in [-0.25, -0.2) is 17.1 Å². The van der Waals surface area contributed by atoms with Crippen LogP contribution in [0.3, 0.4) is 0 Å². The van der Waals surface area contributed by atoms with Gasteiger partial charge in [0.2, 0.25) is 15.9 Å². The summed E-state index contributed by atoms with van der Waals surface area (Å²) in [6, 6.07) is 3.16. The van der Waals surface area contributed by atoms with Gasteiger partial charge in [-0.3, -0.25) is 4.79 Å². The molecule has 0 aromatic heterocycles. The summed E-state index contributed by atoms with van der Waals surface area (Å²) in [7, 11) is -3.84. The Morgan fingerprint density at radius 1 is 1.44 bits per heavy atom. The second-order valence-electron chi connectivity index (χ2n) is 3.57. The summed E-state index contributed by atoms with van der Waals surface area (Å²) in [6.07, 6.45) is 0.862. The van der Waals surface area contributed by atoms with Crippen LogP contribution in [-0.2, 0) is 14.8 Å². The molecule has 0 radical (unpaired) electrons. The molecular formula is C10H11FN2O3S2. The lowest BCUT2D eigenvalue weighted by atomic mass is 10.1. The van der Waals surface area contributed by atoms with Crippen molar-refractivity contribution in [2.75, 3.05) is 10.6 Å². The van der Waals surface area contributed by atoms with E-state index in [9.17, 15) is 17.6 Å². The van der Waals surface area contributed by atoms with E-state index in [0.29, 0.717) is 4.31 Å². The Hall–Kier alpha value is -1.54. The lowest BCUT2D eigenvalue weighted by molar-refractivity contribution is -0.115. The Balaban J connectivity index is 3.57. The average molecular weight is 290 g/mol. The van der Waals surface area contributed by atoms with Gasteiger partial charge in [-0.2, -0.15) is 0 Å². The van der Waals surface area contributed by atoms with Gasteiger partial charge in [0.25, 0.3) is 0 Å². The molecule has 0 fully saturated rings. The van der Waals surface area contributed by atoms with Crippen LogP contribution < -0.4 is 10.0 Å². The van der Waals surface area contributed by atoms with Crippen molar-refractivity contribution in [1.29, 1.82) is 0 Å². The predicted molar refractivity (Wildman–Crippen MR) is 70.3 cm³/mol. The molecule has 0 saturated heterocycles. The Morgan fingerprint density at radius 2 is 2.00 bits per heavy atom. The second-order valence-corrected chi connectivity index (χ2v) is 5.84. The maximum atomic E-state index is 13.1. The molecule has 18 heavy (non-hydrogen) atoms. The van der Waals surface area contributed by atoms with E-state index in [2.05, 4.69) is 0 Å². The van der Waals surface area contributed by atoms with Crippen LogP contribution in [0.15, 0.2) is 18.2 Å². The van der Waals surface area contributed by atoms with Gasteiger partial charge >= 0.3 is 0 Å². The summed E-state index contributed by atoms with van der Waals surface area (Å²) in [4.78, 5) is 11.2. The number of sulfonamides is 1. The first kappa shape index (κ1) is 14.5. The number of hydrogen-bond donors (Lipinski definition) is 1. The summed E-state index contributed by atoms with van der Waals surface area (Å²) in [5.74, 6) is -1.36. The van der Waals surface area contributed by atoms with Crippen LogP contribution in [0.2, 0.25) is 0 Å². The molecule has 0 aliphatic carbocycles. The van der Waals surface area contributed by atoms with Crippen LogP contribution in [0.1, 0.15) is 12.5 Å². The number of carbonyl (C=O) groups excluding carboxylic acids is 1. The predicted octanol–water partition coefficient (Wildman–Crippen LogP) is 0.772. The van der Waals surface area contributed by atoms with Crippen LogP contribution in [-0.4, -0.2) is 25.6 Å². The van der Waals surface area contributed by atoms with Gasteiger partial charge in [-0.1, -0.05) is 12.2 Å². The summed E-state index contributed by atoms with van der Waals surface area (Å²) in [5, 5.41) is 0. The first-order valence-electron chi connectivity index (χ1n) is 4.75. The van der Waals surface area contributed by atoms with Crippen molar-refractivity contribution in [3.63, 3.8) is 0 Å². The molecule has 0 atom stereocenters. The fourth-order valence-corrected chi connectivity index (χ4v) is 2.61. The summed E-state index contributed by atoms with van der Waals surface area (Å²) >= 11 is 4.72. The summed E-state index contributed by atoms with van der Waals surface area (Å²) < 4.78 is 36.7. The average Bonchev–Trinajstić information content (AvgIpc) is 2.17. The van der Waals surface area contributed by atoms with Crippen molar-refractivity contribution in [3.05, 3.63) is 29.6 Å². The number of amides is 1. The van der Waals surface area contributed by atoms with E-state index in [0.717, 1.165) is 31.4 Å². The molecule has 0 heterocycles. The zero-order chi connectivity index (χ0) is 14.1. The highest BCUT2D eigenvalue weighted by atomic mass is 32.2. The minimum atomic E-state index is -3.84. The highest BCUT2D eigenvalue weighted by Gasteiger charge is 2.25. The summed E-state index contributed by atoms with van der Waals surface area (Å²) in [5.41, 5.74) is 5.33. The molecule has 0 aliphatic rings. The molecule has 0 spiro atoms. The number of thiocarbonyl (C=S) groups is 1. The van der Waals surface area contributed by atoms with Crippen molar-refractivity contribution in [3.8, 4) is 0 Å². The van der Waals surface area contributed by atoms with Crippen LogP contribution >= 0.6 is 12.2 Å². The van der Waals surface area contributed by atoms with Crippen molar-refractivity contribution in [2.45, 2.75) is 6.92 Å². The third-order valence-corrected chi connectivity index (χ3v) is 3.40. The number of hydrogen-bond acceptors (Lipinski definition) is 4. The van der Waals surface area contributed by atoms with Crippen molar-refractivity contribution in [2.24, 2.45) is 5.73 Å². The van der Waals surface area contributed by atoms with Crippen LogP contribution in [0.5, 0.6) is 0 Å². The molecule has 5 nitrogen and oxygen atoms in total. The second kappa shape index (κ2) is 4.99. The first-order chi connectivity index (χ1) is 8.14. The summed E-state index contributed by atoms with van der Waals surface area (Å²) in [6.45, 7) is 1.08. The Kier molecular flexibility index (Phi) is 4.02. The smallest absolute Gasteiger partial charge is 0.238 e. The molecular weight excluding hydrogens is 279 g/mol. The molecule has 1 aromatic carbocycles. The number of benzene rings is 1. The highest BCUT2D eigenvalue weighted by Crippen LogP contribution is 2.24. The Morgan fingerprint density at radius 3 is 2.39 bits per heavy atom. The topological polar surface area (TPSA) is 80.5 Å². The number of nitrogens with two attached hydrogens (primary N) is 1. The molecule has 0 saturated carbocycles. The fourth-order valence-electron chi connectivity index (χ4n) is 1.46. The van der Waals surface area contributed by atoms with Crippen molar-refractivity contribution < 1.29 is 17.6 Å². The number of nitrogens with zero attached hydrogens (tertiary/aromatic N) is 1. The molecule has 98 valence electrons. The van der Waals surface area contributed by atoms with E-state index in [4.69, 9.17) is 18.0 Å². The van der Waals surface area contributed by atoms with Crippen molar-refractivity contribution >= 4 is 38.8 Å². The Labute approximate surface area is 109 Å². The van der Waals surface area contributed by atoms with E-state index in [1.807, 2.05) is 0 Å². The van der Waals surface area contributed by atoms with Crippen LogP contribution in [0, 0.1) is 5.82 Å². The molecule has 8 heteroatoms. The van der Waals surface area contributed by atoms with E-state index >= 15 is 0 Å². The monoisotopic (exact) mass is 290 g/mol. The molecule has 1 amide bonds. The van der Waals surface area contributed by atoms with Gasteiger partial charge in [-0.15, -0.1) is 0 Å². The van der Waals surface area contributed by atoms with Gasteiger partial charge in [0.1, 0.15) is 10.8 Å². The largest absolute Gasteiger partial charge is 0.389 e. The van der Waals surface area contributed by atoms with Crippen molar-refractivity contribution in [1.82, 2.24) is 0 Å². The maximum absolute atomic E-state index is 13.1. The fraction of sp³-hybridized carbons (Fsp3) is 0.200. The minimum Gasteiger partial charge on any atom is -0.389 e. The van der Waals surface area contributed by atoms with E-state index in [-0.39, 0.29) is 16.2 Å². The zero-order valence-electron chi connectivity index (χ0n) is 9.68. The number of anilines is 1. The van der Waals surface area contributed by atoms with Gasteiger partial charge in [-0.05, 0) is 18.2 Å². The van der Waals surface area contributed by atoms with Gasteiger partial charge in [0, 0.05) is 12.5 Å². The third kappa shape index (κ3) is 3.02. The van der Waals surface area contributed by atoms with Gasteiger partial charge in [0.15, 0.2) is 0 Å². The number of halogens is 1. The third-order valence-electron chi connectivity index (χ3n) is 2.06. The standard InChI is InChI=1S/C10H11FN2O3S2/c1-6(14)13(18(2,15)16)9-4-3-7(11)5-8(9)10(12)17/h3-5H,1-2H3,(H2,12,17). The molecule has 1 rings (SSSR count). The van der Waals surface area contributed by atoms with E-state index in [1.54, 1.807) is 0 Å². The molecule has 0 unspecified atom stereocenters. The van der Waals surface area contributed by atoms with Crippen LogP contribution in [0.25, 0.3) is 0 Å². The van der Waals surface area contributed by atoms with Crippen LogP contribution in [0.4, 0.5) is 10.1 Å². The normalized spacial score (nSPS) is 11.1. The molecule has 0 aliphatic heterocycles. The highest BCUT2D eigenvalue weighted by molar-refractivity contribution is 7.92. The molecule has 2 N–H and O–H groups in total. The van der Waals surface area contributed by atoms with Gasteiger partial charge < -0.3 is 5.73 Å². The SMILES string of the molecule is CC(=O)N(c1ccc(F)cc1C(N)=S)S(C)(=O)=O. The quantitative estimate of drug-likeness (QED) is 0.832. The lowest BCUT2D eigenvalue weighted by Crippen LogP contribution is -2.35. The Bertz CT molecular complexity index is 614. The molecule has 0 bridgehead atoms. The van der Waals surface area contributed by atoms with E-state index in [1.165, 1.54) is 0 Å². The number of carbonyl (C=O) groups is 1. The number of rotatable bonds is 3. The first-order valence-corrected chi connectivity index (χ1v) is 7.00. The van der Waals surface area contributed by atoms with E-state index < -0.39 is 21.7 Å².